The number of aryl methyl sites for hydroxylation is 1. The summed E-state index contributed by atoms with van der Waals surface area (Å²) in [5.74, 6) is -0.0315. The molecule has 1 N–H and O–H groups in total. The summed E-state index contributed by atoms with van der Waals surface area (Å²) in [5.41, 5.74) is 5.65. The van der Waals surface area contributed by atoms with Crippen LogP contribution in [0.15, 0.2) is 83.7 Å². The van der Waals surface area contributed by atoms with E-state index >= 15 is 0 Å². The molecule has 0 aliphatic carbocycles. The van der Waals surface area contributed by atoms with Gasteiger partial charge in [0.25, 0.3) is 0 Å². The van der Waals surface area contributed by atoms with Gasteiger partial charge < -0.3 is 4.98 Å². The van der Waals surface area contributed by atoms with Crippen LogP contribution >= 0.6 is 0 Å². The molecule has 1 aromatic heterocycles. The molecule has 5 rings (SSSR count). The zero-order chi connectivity index (χ0) is 24.4. The van der Waals surface area contributed by atoms with E-state index in [1.807, 2.05) is 13.0 Å². The van der Waals surface area contributed by atoms with Crippen molar-refractivity contribution in [3.63, 3.8) is 0 Å². The Morgan fingerprint density at radius 3 is 2.06 bits per heavy atom. The highest BCUT2D eigenvalue weighted by Crippen LogP contribution is 2.29. The minimum atomic E-state index is -0.0315. The Morgan fingerprint density at radius 1 is 0.886 bits per heavy atom. The summed E-state index contributed by atoms with van der Waals surface area (Å²) in [5, 5.41) is 0.588. The number of hydrogen-bond donors (Lipinski definition) is 1. The number of fused-ring (bicyclic) bond motifs is 1. The Labute approximate surface area is 206 Å². The largest absolute Gasteiger partial charge is 0.358 e. The number of pyridine rings is 1. The molecule has 0 amide bonds. The first-order chi connectivity index (χ1) is 17.0. The third kappa shape index (κ3) is 4.83. The van der Waals surface area contributed by atoms with E-state index in [-0.39, 0.29) is 17.3 Å². The van der Waals surface area contributed by atoms with Crippen LogP contribution in [0.25, 0.3) is 10.9 Å². The van der Waals surface area contributed by atoms with Crippen LogP contribution in [-0.4, -0.2) is 46.7 Å². The topological polar surface area (TPSA) is 56.4 Å². The van der Waals surface area contributed by atoms with Gasteiger partial charge in [0.1, 0.15) is 0 Å². The van der Waals surface area contributed by atoms with Crippen LogP contribution in [0.1, 0.15) is 45.7 Å². The van der Waals surface area contributed by atoms with Gasteiger partial charge in [-0.1, -0.05) is 60.7 Å². The van der Waals surface area contributed by atoms with Gasteiger partial charge in [0.15, 0.2) is 11.2 Å². The van der Waals surface area contributed by atoms with Gasteiger partial charge >= 0.3 is 0 Å². The molecule has 1 aliphatic rings. The molecule has 0 saturated carbocycles. The molecular weight excluding hydrogens is 434 g/mol. The molecule has 5 nitrogen and oxygen atoms in total. The maximum Gasteiger partial charge on any atom is 0.194 e. The summed E-state index contributed by atoms with van der Waals surface area (Å²) in [6.07, 6.45) is 0. The predicted molar refractivity (Wildman–Crippen MR) is 141 cm³/mol. The molecule has 0 unspecified atom stereocenters. The molecule has 0 bridgehead atoms. The first-order valence-electron chi connectivity index (χ1n) is 12.2. The SMILES string of the molecule is CC(=O)c1ccc2[nH]c(C)c(CN3CCN(C(c4ccccc4)c4ccccc4)CC3)c(=O)c2c1. The van der Waals surface area contributed by atoms with Gasteiger partial charge in [-0.25, -0.2) is 0 Å². The Morgan fingerprint density at radius 2 is 1.49 bits per heavy atom. The lowest BCUT2D eigenvalue weighted by atomic mass is 9.96. The molecule has 0 spiro atoms. The molecule has 0 radical (unpaired) electrons. The number of rotatable bonds is 6. The summed E-state index contributed by atoms with van der Waals surface area (Å²) in [4.78, 5) is 33.5. The Kier molecular flexibility index (Phi) is 6.62. The molecule has 4 aromatic rings. The van der Waals surface area contributed by atoms with E-state index in [4.69, 9.17) is 0 Å². The Balaban J connectivity index is 1.36. The van der Waals surface area contributed by atoms with Gasteiger partial charge in [-0.05, 0) is 43.2 Å². The van der Waals surface area contributed by atoms with Crippen molar-refractivity contribution < 1.29 is 4.79 Å². The van der Waals surface area contributed by atoms with Gasteiger partial charge in [-0.3, -0.25) is 19.4 Å². The molecule has 1 saturated heterocycles. The number of benzene rings is 3. The highest BCUT2D eigenvalue weighted by Gasteiger charge is 2.27. The van der Waals surface area contributed by atoms with E-state index in [2.05, 4.69) is 75.4 Å². The molecule has 0 atom stereocenters. The minimum absolute atomic E-state index is 0.0215. The van der Waals surface area contributed by atoms with E-state index in [1.54, 1.807) is 12.1 Å². The van der Waals surface area contributed by atoms with Crippen LogP contribution in [-0.2, 0) is 6.54 Å². The second-order valence-electron chi connectivity index (χ2n) is 9.41. The van der Waals surface area contributed by atoms with E-state index in [9.17, 15) is 9.59 Å². The highest BCUT2D eigenvalue weighted by atomic mass is 16.1. The van der Waals surface area contributed by atoms with Crippen molar-refractivity contribution in [3.05, 3.63) is 117 Å². The summed E-state index contributed by atoms with van der Waals surface area (Å²) >= 11 is 0. The van der Waals surface area contributed by atoms with Crippen LogP contribution < -0.4 is 5.43 Å². The van der Waals surface area contributed by atoms with E-state index in [0.717, 1.165) is 43.0 Å². The third-order valence-corrected chi connectivity index (χ3v) is 7.10. The van der Waals surface area contributed by atoms with Gasteiger partial charge in [0, 0.05) is 60.4 Å². The number of ketones is 1. The Hall–Kier alpha value is -3.54. The maximum atomic E-state index is 13.4. The summed E-state index contributed by atoms with van der Waals surface area (Å²) in [6, 6.07) is 26.9. The van der Waals surface area contributed by atoms with Crippen molar-refractivity contribution >= 4 is 16.7 Å². The molecular formula is C30H31N3O2. The molecule has 35 heavy (non-hydrogen) atoms. The second kappa shape index (κ2) is 9.98. The van der Waals surface area contributed by atoms with E-state index in [0.29, 0.717) is 17.5 Å². The van der Waals surface area contributed by atoms with Gasteiger partial charge in [-0.15, -0.1) is 0 Å². The molecule has 1 aliphatic heterocycles. The normalized spacial score (nSPS) is 15.1. The van der Waals surface area contributed by atoms with Gasteiger partial charge in [0.2, 0.25) is 0 Å². The number of nitrogens with one attached hydrogen (secondary N) is 1. The van der Waals surface area contributed by atoms with Crippen LogP contribution in [0.5, 0.6) is 0 Å². The van der Waals surface area contributed by atoms with Crippen LogP contribution in [0.2, 0.25) is 0 Å². The number of piperazine rings is 1. The number of aromatic amines is 1. The lowest BCUT2D eigenvalue weighted by Gasteiger charge is -2.40. The van der Waals surface area contributed by atoms with E-state index in [1.165, 1.54) is 18.1 Å². The minimum Gasteiger partial charge on any atom is -0.358 e. The number of Topliss-reactive ketones (excluding diaryl/α,β-unsaturated/α-hetero) is 1. The first-order valence-corrected chi connectivity index (χ1v) is 12.2. The molecule has 178 valence electrons. The standard InChI is InChI=1S/C30H31N3O2/c1-21-27(30(35)26-19-25(22(2)34)13-14-28(26)31-21)20-32-15-17-33(18-16-32)29(23-9-5-3-6-10-23)24-11-7-4-8-12-24/h3-14,19,29H,15-18,20H2,1-2H3,(H,31,35). The summed E-state index contributed by atoms with van der Waals surface area (Å²) < 4.78 is 0. The van der Waals surface area contributed by atoms with Gasteiger partial charge in [-0.2, -0.15) is 0 Å². The fourth-order valence-corrected chi connectivity index (χ4v) is 5.15. The summed E-state index contributed by atoms with van der Waals surface area (Å²) in [6.45, 7) is 7.73. The van der Waals surface area contributed by atoms with Gasteiger partial charge in [0.05, 0.1) is 6.04 Å². The zero-order valence-corrected chi connectivity index (χ0v) is 20.3. The molecule has 3 aromatic carbocycles. The Bertz CT molecular complexity index is 1350. The number of hydrogen-bond acceptors (Lipinski definition) is 4. The van der Waals surface area contributed by atoms with Crippen molar-refractivity contribution in [2.24, 2.45) is 0 Å². The average Bonchev–Trinajstić information content (AvgIpc) is 2.88. The van der Waals surface area contributed by atoms with Crippen molar-refractivity contribution in [1.82, 2.24) is 14.8 Å². The number of H-pyrrole nitrogens is 1. The van der Waals surface area contributed by atoms with Crippen molar-refractivity contribution in [1.29, 1.82) is 0 Å². The van der Waals surface area contributed by atoms with Crippen LogP contribution in [0.3, 0.4) is 0 Å². The second-order valence-corrected chi connectivity index (χ2v) is 9.41. The lowest BCUT2D eigenvalue weighted by molar-refractivity contribution is 0.101. The molecule has 1 fully saturated rings. The van der Waals surface area contributed by atoms with Crippen LogP contribution in [0, 0.1) is 6.92 Å². The third-order valence-electron chi connectivity index (χ3n) is 7.10. The van der Waals surface area contributed by atoms with Crippen LogP contribution in [0.4, 0.5) is 0 Å². The predicted octanol–water partition coefficient (Wildman–Crippen LogP) is 4.95. The van der Waals surface area contributed by atoms with Crippen molar-refractivity contribution in [2.45, 2.75) is 26.4 Å². The lowest BCUT2D eigenvalue weighted by Crippen LogP contribution is -2.47. The molecule has 5 heteroatoms. The highest BCUT2D eigenvalue weighted by molar-refractivity contribution is 5.97. The maximum absolute atomic E-state index is 13.4. The van der Waals surface area contributed by atoms with Crippen molar-refractivity contribution in [3.8, 4) is 0 Å². The summed E-state index contributed by atoms with van der Waals surface area (Å²) in [7, 11) is 0. The van der Waals surface area contributed by atoms with E-state index < -0.39 is 0 Å². The monoisotopic (exact) mass is 465 g/mol. The number of nitrogens with zero attached hydrogens (tertiary/aromatic N) is 2. The number of aromatic nitrogens is 1. The fraction of sp³-hybridized carbons (Fsp3) is 0.267. The van der Waals surface area contributed by atoms with Crippen molar-refractivity contribution in [2.75, 3.05) is 26.2 Å². The number of carbonyl (C=O) groups is 1. The smallest absolute Gasteiger partial charge is 0.194 e. The first kappa shape index (κ1) is 23.2. The fourth-order valence-electron chi connectivity index (χ4n) is 5.15. The average molecular weight is 466 g/mol. The number of carbonyl (C=O) groups excluding carboxylic acids is 1. The zero-order valence-electron chi connectivity index (χ0n) is 20.3. The quantitative estimate of drug-likeness (QED) is 0.410. The molecule has 2 heterocycles.